The molecule has 0 radical (unpaired) electrons. The molecule has 2 aliphatic heterocycles. The van der Waals surface area contributed by atoms with Gasteiger partial charge in [-0.05, 0) is 45.4 Å². The average molecular weight is 142 g/mol. The fraction of sp³-hybridized carbons (Fsp3) is 1.00. The van der Waals surface area contributed by atoms with Gasteiger partial charge >= 0.3 is 0 Å². The predicted octanol–water partition coefficient (Wildman–Crippen LogP) is 0.690. The highest BCUT2D eigenvalue weighted by atomic mass is 15.2. The summed E-state index contributed by atoms with van der Waals surface area (Å²) in [5, 5.41) is 3.39. The van der Waals surface area contributed by atoms with Gasteiger partial charge in [-0.25, -0.2) is 0 Å². The first kappa shape index (κ1) is 6.62. The van der Waals surface area contributed by atoms with Gasteiger partial charge in [0.25, 0.3) is 0 Å². The third kappa shape index (κ3) is 1.18. The van der Waals surface area contributed by atoms with Gasteiger partial charge in [0.2, 0.25) is 0 Å². The lowest BCUT2D eigenvalue weighted by atomic mass is 10.0. The molecule has 0 amide bonds. The lowest BCUT2D eigenvalue weighted by Crippen LogP contribution is -2.49. The SMILES string of the molecule is C1CN(C2CCNCC2)C1.[HH]. The normalized spacial score (nSPS) is 30.0. The number of piperidine rings is 1. The van der Waals surface area contributed by atoms with Crippen LogP contribution in [0.2, 0.25) is 0 Å². The van der Waals surface area contributed by atoms with Crippen LogP contribution in [0.5, 0.6) is 0 Å². The minimum Gasteiger partial charge on any atom is -0.317 e. The highest BCUT2D eigenvalue weighted by Crippen LogP contribution is 2.17. The molecule has 2 rings (SSSR count). The standard InChI is InChI=1S/C8H16N2.H2/c1-6-10(7-1)8-2-4-9-5-3-8;/h8-9H,1-7H2;1H. The van der Waals surface area contributed by atoms with Crippen LogP contribution in [0.15, 0.2) is 0 Å². The molecule has 0 aliphatic carbocycles. The van der Waals surface area contributed by atoms with E-state index in [1.807, 2.05) is 0 Å². The van der Waals surface area contributed by atoms with Crippen molar-refractivity contribution in [3.8, 4) is 0 Å². The van der Waals surface area contributed by atoms with Crippen molar-refractivity contribution < 1.29 is 1.43 Å². The van der Waals surface area contributed by atoms with Crippen molar-refractivity contribution in [2.45, 2.75) is 25.3 Å². The zero-order valence-electron chi connectivity index (χ0n) is 6.47. The summed E-state index contributed by atoms with van der Waals surface area (Å²) in [6.45, 7) is 5.21. The van der Waals surface area contributed by atoms with Crippen LogP contribution in [-0.2, 0) is 0 Å². The van der Waals surface area contributed by atoms with Gasteiger partial charge in [0, 0.05) is 7.47 Å². The summed E-state index contributed by atoms with van der Waals surface area (Å²) in [7, 11) is 0. The largest absolute Gasteiger partial charge is 0.317 e. The maximum absolute atomic E-state index is 3.39. The van der Waals surface area contributed by atoms with Crippen molar-refractivity contribution in [2.24, 2.45) is 0 Å². The second kappa shape index (κ2) is 2.89. The van der Waals surface area contributed by atoms with E-state index < -0.39 is 0 Å². The molecular formula is C8H18N2. The Kier molecular flexibility index (Phi) is 1.91. The number of likely N-dealkylation sites (tertiary alicyclic amines) is 1. The molecule has 0 spiro atoms. The van der Waals surface area contributed by atoms with Crippen LogP contribution in [0.3, 0.4) is 0 Å². The van der Waals surface area contributed by atoms with E-state index in [0.29, 0.717) is 0 Å². The smallest absolute Gasteiger partial charge is 0.0119 e. The zero-order valence-corrected chi connectivity index (χ0v) is 6.47. The number of nitrogens with zero attached hydrogens (tertiary/aromatic N) is 1. The number of nitrogens with one attached hydrogen (secondary N) is 1. The highest BCUT2D eigenvalue weighted by Gasteiger charge is 2.24. The monoisotopic (exact) mass is 142 g/mol. The second-order valence-corrected chi connectivity index (χ2v) is 3.37. The van der Waals surface area contributed by atoms with Gasteiger partial charge in [-0.15, -0.1) is 0 Å². The first-order valence-corrected chi connectivity index (χ1v) is 4.41. The summed E-state index contributed by atoms with van der Waals surface area (Å²) in [6.07, 6.45) is 4.18. The van der Waals surface area contributed by atoms with Gasteiger partial charge in [-0.2, -0.15) is 0 Å². The fourth-order valence-corrected chi connectivity index (χ4v) is 1.88. The molecule has 2 heteroatoms. The molecule has 60 valence electrons. The molecule has 1 N–H and O–H groups in total. The highest BCUT2D eigenvalue weighted by molar-refractivity contribution is 4.82. The molecule has 0 aromatic rings. The minimum absolute atomic E-state index is 0. The quantitative estimate of drug-likeness (QED) is 0.579. The van der Waals surface area contributed by atoms with Crippen LogP contribution in [0.1, 0.15) is 20.7 Å². The second-order valence-electron chi connectivity index (χ2n) is 3.37. The van der Waals surface area contributed by atoms with E-state index in [-0.39, 0.29) is 1.43 Å². The maximum Gasteiger partial charge on any atom is 0.0119 e. The summed E-state index contributed by atoms with van der Waals surface area (Å²) < 4.78 is 0. The molecule has 0 unspecified atom stereocenters. The van der Waals surface area contributed by atoms with Crippen LogP contribution in [0.4, 0.5) is 0 Å². The molecule has 0 aromatic heterocycles. The minimum atomic E-state index is 0. The van der Waals surface area contributed by atoms with Crippen molar-refractivity contribution in [1.82, 2.24) is 10.2 Å². The predicted molar refractivity (Wildman–Crippen MR) is 44.2 cm³/mol. The van der Waals surface area contributed by atoms with Gasteiger partial charge in [0.1, 0.15) is 0 Å². The maximum atomic E-state index is 3.39. The van der Waals surface area contributed by atoms with Crippen LogP contribution < -0.4 is 5.32 Å². The lowest BCUT2D eigenvalue weighted by Gasteiger charge is -2.40. The molecule has 0 aromatic carbocycles. The van der Waals surface area contributed by atoms with Crippen molar-refractivity contribution in [2.75, 3.05) is 26.2 Å². The van der Waals surface area contributed by atoms with Crippen molar-refractivity contribution in [1.29, 1.82) is 0 Å². The number of hydrogen-bond donors (Lipinski definition) is 1. The summed E-state index contributed by atoms with van der Waals surface area (Å²) in [4.78, 5) is 2.63. The Bertz CT molecular complexity index is 109. The Morgan fingerprint density at radius 1 is 1.20 bits per heavy atom. The molecule has 0 saturated carbocycles. The topological polar surface area (TPSA) is 15.3 Å². The van der Waals surface area contributed by atoms with E-state index in [0.717, 1.165) is 6.04 Å². The van der Waals surface area contributed by atoms with Gasteiger partial charge in [-0.3, -0.25) is 0 Å². The van der Waals surface area contributed by atoms with Gasteiger partial charge in [0.15, 0.2) is 0 Å². The summed E-state index contributed by atoms with van der Waals surface area (Å²) >= 11 is 0. The first-order chi connectivity index (χ1) is 4.97. The number of rotatable bonds is 1. The van der Waals surface area contributed by atoms with Crippen LogP contribution in [-0.4, -0.2) is 37.1 Å². The van der Waals surface area contributed by atoms with Crippen LogP contribution >= 0.6 is 0 Å². The van der Waals surface area contributed by atoms with Crippen molar-refractivity contribution >= 4 is 0 Å². The van der Waals surface area contributed by atoms with Crippen molar-refractivity contribution in [3.63, 3.8) is 0 Å². The van der Waals surface area contributed by atoms with E-state index in [1.54, 1.807) is 0 Å². The molecule has 2 fully saturated rings. The lowest BCUT2D eigenvalue weighted by molar-refractivity contribution is 0.0957. The summed E-state index contributed by atoms with van der Waals surface area (Å²) in [5.74, 6) is 0. The Balaban J connectivity index is 0.000000605. The summed E-state index contributed by atoms with van der Waals surface area (Å²) in [5.41, 5.74) is 0. The Morgan fingerprint density at radius 2 is 1.90 bits per heavy atom. The molecule has 0 atom stereocenters. The molecule has 0 bridgehead atoms. The van der Waals surface area contributed by atoms with Crippen LogP contribution in [0.25, 0.3) is 0 Å². The Labute approximate surface area is 64.1 Å². The van der Waals surface area contributed by atoms with Gasteiger partial charge < -0.3 is 10.2 Å². The third-order valence-electron chi connectivity index (χ3n) is 2.72. The average Bonchev–Trinajstić information content (AvgIpc) is 1.86. The summed E-state index contributed by atoms with van der Waals surface area (Å²) in [6, 6.07) is 0.926. The molecule has 2 aliphatic rings. The molecule has 10 heavy (non-hydrogen) atoms. The molecule has 2 heterocycles. The van der Waals surface area contributed by atoms with Crippen molar-refractivity contribution in [3.05, 3.63) is 0 Å². The van der Waals surface area contributed by atoms with E-state index >= 15 is 0 Å². The van der Waals surface area contributed by atoms with E-state index in [9.17, 15) is 0 Å². The van der Waals surface area contributed by atoms with E-state index in [1.165, 1.54) is 45.4 Å². The van der Waals surface area contributed by atoms with Crippen LogP contribution in [0, 0.1) is 0 Å². The van der Waals surface area contributed by atoms with Gasteiger partial charge in [0.05, 0.1) is 0 Å². The molecular weight excluding hydrogens is 124 g/mol. The Morgan fingerprint density at radius 3 is 2.40 bits per heavy atom. The van der Waals surface area contributed by atoms with Gasteiger partial charge in [-0.1, -0.05) is 0 Å². The molecule has 2 saturated heterocycles. The van der Waals surface area contributed by atoms with E-state index in [2.05, 4.69) is 10.2 Å². The molecule has 2 nitrogen and oxygen atoms in total. The third-order valence-corrected chi connectivity index (χ3v) is 2.72. The fourth-order valence-electron chi connectivity index (χ4n) is 1.88. The van der Waals surface area contributed by atoms with E-state index in [4.69, 9.17) is 0 Å². The zero-order chi connectivity index (χ0) is 6.81. The Hall–Kier alpha value is -0.0800. The first-order valence-electron chi connectivity index (χ1n) is 4.41. The number of hydrogen-bond acceptors (Lipinski definition) is 2.